The van der Waals surface area contributed by atoms with Gasteiger partial charge in [-0.25, -0.2) is 0 Å². The van der Waals surface area contributed by atoms with E-state index in [9.17, 15) is 0 Å². The molecule has 0 aliphatic heterocycles. The fraction of sp³-hybridized carbons (Fsp3) is 0.250. The monoisotopic (exact) mass is 233 g/mol. The second kappa shape index (κ2) is 4.10. The Bertz CT molecular complexity index is 250. The average molecular weight is 235 g/mol. The van der Waals surface area contributed by atoms with E-state index < -0.39 is 0 Å². The van der Waals surface area contributed by atoms with Crippen LogP contribution in [-0.4, -0.2) is 6.54 Å². The minimum Gasteiger partial charge on any atom is -0.330 e. The third-order valence-electron chi connectivity index (χ3n) is 1.45. The summed E-state index contributed by atoms with van der Waals surface area (Å²) in [6, 6.07) is 5.80. The zero-order valence-corrected chi connectivity index (χ0v) is 8.32. The number of nitrogens with two attached hydrogens (primary N) is 1. The molecule has 60 valence electrons. The summed E-state index contributed by atoms with van der Waals surface area (Å²) in [5, 5.41) is 0.746. The highest BCUT2D eigenvalue weighted by Crippen LogP contribution is 2.25. The zero-order chi connectivity index (χ0) is 8.27. The van der Waals surface area contributed by atoms with Crippen LogP contribution in [-0.2, 0) is 6.42 Å². The van der Waals surface area contributed by atoms with Crippen molar-refractivity contribution in [3.63, 3.8) is 0 Å². The smallest absolute Gasteiger partial charge is 0.0550 e. The highest BCUT2D eigenvalue weighted by atomic mass is 79.9. The Kier molecular flexibility index (Phi) is 3.37. The third kappa shape index (κ3) is 2.19. The topological polar surface area (TPSA) is 26.0 Å². The SMILES string of the molecule is NCCc1cccc(Cl)c1Br. The van der Waals surface area contributed by atoms with E-state index in [0.29, 0.717) is 6.54 Å². The highest BCUT2D eigenvalue weighted by Gasteiger charge is 2.01. The molecule has 1 rings (SSSR count). The number of hydrogen-bond donors (Lipinski definition) is 1. The van der Waals surface area contributed by atoms with Crippen LogP contribution >= 0.6 is 27.5 Å². The van der Waals surface area contributed by atoms with Crippen LogP contribution in [0.2, 0.25) is 5.02 Å². The maximum absolute atomic E-state index is 5.86. The Morgan fingerprint density at radius 1 is 1.45 bits per heavy atom. The molecule has 3 heteroatoms. The number of halogens is 2. The van der Waals surface area contributed by atoms with E-state index in [0.717, 1.165) is 15.9 Å². The van der Waals surface area contributed by atoms with Crippen molar-refractivity contribution in [3.05, 3.63) is 33.3 Å². The van der Waals surface area contributed by atoms with Gasteiger partial charge in [0.15, 0.2) is 0 Å². The van der Waals surface area contributed by atoms with Crippen molar-refractivity contribution in [2.24, 2.45) is 5.73 Å². The first kappa shape index (κ1) is 9.04. The lowest BCUT2D eigenvalue weighted by molar-refractivity contribution is 0.963. The van der Waals surface area contributed by atoms with Gasteiger partial charge in [0.05, 0.1) is 5.02 Å². The van der Waals surface area contributed by atoms with Crippen molar-refractivity contribution in [1.82, 2.24) is 0 Å². The van der Waals surface area contributed by atoms with Gasteiger partial charge in [-0.15, -0.1) is 0 Å². The van der Waals surface area contributed by atoms with Crippen LogP contribution in [0.15, 0.2) is 22.7 Å². The Hall–Kier alpha value is -0.0500. The minimum absolute atomic E-state index is 0.652. The fourth-order valence-corrected chi connectivity index (χ4v) is 1.55. The third-order valence-corrected chi connectivity index (χ3v) is 2.92. The normalized spacial score (nSPS) is 10.1. The van der Waals surface area contributed by atoms with Crippen molar-refractivity contribution in [2.75, 3.05) is 6.54 Å². The molecule has 0 saturated heterocycles. The van der Waals surface area contributed by atoms with Crippen molar-refractivity contribution in [1.29, 1.82) is 0 Å². The maximum Gasteiger partial charge on any atom is 0.0550 e. The van der Waals surface area contributed by atoms with Gasteiger partial charge in [0, 0.05) is 4.47 Å². The van der Waals surface area contributed by atoms with Gasteiger partial charge >= 0.3 is 0 Å². The minimum atomic E-state index is 0.652. The van der Waals surface area contributed by atoms with Crippen LogP contribution in [0, 0.1) is 0 Å². The molecule has 0 aromatic heterocycles. The molecule has 0 aliphatic carbocycles. The van der Waals surface area contributed by atoms with Gasteiger partial charge in [-0.05, 0) is 40.5 Å². The molecule has 1 aromatic carbocycles. The van der Waals surface area contributed by atoms with Gasteiger partial charge < -0.3 is 5.73 Å². The van der Waals surface area contributed by atoms with Crippen LogP contribution in [0.4, 0.5) is 0 Å². The first-order valence-electron chi connectivity index (χ1n) is 3.38. The standard InChI is InChI=1S/C8H9BrClN/c9-8-6(4-5-11)2-1-3-7(8)10/h1-3H,4-5,11H2. The molecule has 0 aliphatic rings. The second-order valence-corrected chi connectivity index (χ2v) is 3.45. The number of hydrogen-bond acceptors (Lipinski definition) is 1. The van der Waals surface area contributed by atoms with E-state index in [4.69, 9.17) is 17.3 Å². The molecule has 0 amide bonds. The number of benzene rings is 1. The first-order chi connectivity index (χ1) is 5.25. The first-order valence-corrected chi connectivity index (χ1v) is 4.55. The lowest BCUT2D eigenvalue weighted by Gasteiger charge is -2.02. The summed E-state index contributed by atoms with van der Waals surface area (Å²) in [5.74, 6) is 0. The van der Waals surface area contributed by atoms with E-state index in [2.05, 4.69) is 15.9 Å². The van der Waals surface area contributed by atoms with Gasteiger partial charge in [0.2, 0.25) is 0 Å². The molecule has 0 spiro atoms. The van der Waals surface area contributed by atoms with Crippen molar-refractivity contribution >= 4 is 27.5 Å². The van der Waals surface area contributed by atoms with Crippen LogP contribution in [0.5, 0.6) is 0 Å². The molecular formula is C8H9BrClN. The molecule has 1 nitrogen and oxygen atoms in total. The van der Waals surface area contributed by atoms with E-state index >= 15 is 0 Å². The summed E-state index contributed by atoms with van der Waals surface area (Å²) in [7, 11) is 0. The van der Waals surface area contributed by atoms with Gasteiger partial charge in [-0.2, -0.15) is 0 Å². The lowest BCUT2D eigenvalue weighted by atomic mass is 10.1. The van der Waals surface area contributed by atoms with Crippen molar-refractivity contribution < 1.29 is 0 Å². The van der Waals surface area contributed by atoms with E-state index in [1.54, 1.807) is 0 Å². The summed E-state index contributed by atoms with van der Waals surface area (Å²) in [6.07, 6.45) is 0.862. The molecule has 0 radical (unpaired) electrons. The second-order valence-electron chi connectivity index (χ2n) is 2.25. The Balaban J connectivity index is 2.96. The van der Waals surface area contributed by atoms with Crippen LogP contribution in [0.25, 0.3) is 0 Å². The van der Waals surface area contributed by atoms with E-state index in [-0.39, 0.29) is 0 Å². The van der Waals surface area contributed by atoms with Crippen molar-refractivity contribution in [2.45, 2.75) is 6.42 Å². The molecule has 0 fully saturated rings. The Morgan fingerprint density at radius 3 is 2.82 bits per heavy atom. The summed E-state index contributed by atoms with van der Waals surface area (Å²) in [5.41, 5.74) is 6.58. The maximum atomic E-state index is 5.86. The van der Waals surface area contributed by atoms with Gasteiger partial charge in [-0.1, -0.05) is 23.7 Å². The van der Waals surface area contributed by atoms with Gasteiger partial charge in [0.25, 0.3) is 0 Å². The summed E-state index contributed by atoms with van der Waals surface area (Å²) in [6.45, 7) is 0.652. The van der Waals surface area contributed by atoms with Crippen LogP contribution < -0.4 is 5.73 Å². The zero-order valence-electron chi connectivity index (χ0n) is 5.98. The van der Waals surface area contributed by atoms with E-state index in [1.165, 1.54) is 5.56 Å². The summed E-state index contributed by atoms with van der Waals surface area (Å²) in [4.78, 5) is 0. The Labute approximate surface area is 79.7 Å². The summed E-state index contributed by atoms with van der Waals surface area (Å²) < 4.78 is 0.965. The molecular weight excluding hydrogens is 225 g/mol. The van der Waals surface area contributed by atoms with Crippen molar-refractivity contribution in [3.8, 4) is 0 Å². The lowest BCUT2D eigenvalue weighted by Crippen LogP contribution is -2.03. The van der Waals surface area contributed by atoms with Crippen LogP contribution in [0.3, 0.4) is 0 Å². The average Bonchev–Trinajstić information content (AvgIpc) is 1.99. The summed E-state index contributed by atoms with van der Waals surface area (Å²) >= 11 is 9.26. The predicted octanol–water partition coefficient (Wildman–Crippen LogP) is 2.60. The van der Waals surface area contributed by atoms with Crippen LogP contribution in [0.1, 0.15) is 5.56 Å². The predicted molar refractivity (Wildman–Crippen MR) is 51.9 cm³/mol. The largest absolute Gasteiger partial charge is 0.330 e. The molecule has 0 bridgehead atoms. The van der Waals surface area contributed by atoms with Gasteiger partial charge in [-0.3, -0.25) is 0 Å². The molecule has 0 heterocycles. The number of rotatable bonds is 2. The quantitative estimate of drug-likeness (QED) is 0.836. The van der Waals surface area contributed by atoms with E-state index in [1.807, 2.05) is 18.2 Å². The molecule has 2 N–H and O–H groups in total. The highest BCUT2D eigenvalue weighted by molar-refractivity contribution is 9.10. The van der Waals surface area contributed by atoms with Gasteiger partial charge in [0.1, 0.15) is 0 Å². The molecule has 1 aromatic rings. The fourth-order valence-electron chi connectivity index (χ4n) is 0.897. The molecule has 0 saturated carbocycles. The molecule has 0 unspecified atom stereocenters. The molecule has 0 atom stereocenters. The Morgan fingerprint density at radius 2 is 2.18 bits per heavy atom. The molecule has 11 heavy (non-hydrogen) atoms.